The van der Waals surface area contributed by atoms with E-state index in [0.717, 1.165) is 12.1 Å². The first-order valence-corrected chi connectivity index (χ1v) is 3.14. The molecule has 0 aliphatic rings. The van der Waals surface area contributed by atoms with Crippen LogP contribution in [0.5, 0.6) is 0 Å². The van der Waals surface area contributed by atoms with Crippen molar-refractivity contribution in [3.63, 3.8) is 0 Å². The van der Waals surface area contributed by atoms with Gasteiger partial charge in [0, 0.05) is 5.56 Å². The van der Waals surface area contributed by atoms with Crippen molar-refractivity contribution < 1.29 is 9.18 Å². The molecule has 1 aromatic carbocycles. The van der Waals surface area contributed by atoms with Crippen molar-refractivity contribution in [1.29, 1.82) is 5.26 Å². The van der Waals surface area contributed by atoms with Gasteiger partial charge in [0.1, 0.15) is 5.82 Å². The maximum Gasteiger partial charge on any atom is 0.248 e. The molecule has 4 heteroatoms. The number of nitriles is 1. The summed E-state index contributed by atoms with van der Waals surface area (Å²) < 4.78 is 12.6. The third-order valence-electron chi connectivity index (χ3n) is 1.31. The fourth-order valence-corrected chi connectivity index (χ4v) is 0.796. The summed E-state index contributed by atoms with van der Waals surface area (Å²) in [7, 11) is 0. The van der Waals surface area contributed by atoms with Crippen LogP contribution in [0.15, 0.2) is 18.2 Å². The van der Waals surface area contributed by atoms with Crippen LogP contribution in [-0.4, -0.2) is 5.91 Å². The summed E-state index contributed by atoms with van der Waals surface area (Å²) in [5.41, 5.74) is 4.98. The van der Waals surface area contributed by atoms with Crippen molar-refractivity contribution in [2.24, 2.45) is 5.73 Å². The number of halogens is 1. The zero-order valence-electron chi connectivity index (χ0n) is 6.04. The molecule has 0 radical (unpaired) electrons. The molecule has 1 aromatic rings. The molecule has 0 heterocycles. The monoisotopic (exact) mass is 164 g/mol. The number of nitrogens with zero attached hydrogens (tertiary/aromatic N) is 1. The number of nitrogens with two attached hydrogens (primary N) is 1. The molecule has 12 heavy (non-hydrogen) atoms. The third-order valence-corrected chi connectivity index (χ3v) is 1.31. The smallest absolute Gasteiger partial charge is 0.248 e. The lowest BCUT2D eigenvalue weighted by Crippen LogP contribution is -2.11. The van der Waals surface area contributed by atoms with E-state index in [9.17, 15) is 9.18 Å². The van der Waals surface area contributed by atoms with Crippen LogP contribution in [0.3, 0.4) is 0 Å². The molecular weight excluding hydrogens is 159 g/mol. The molecule has 2 N–H and O–H groups in total. The summed E-state index contributed by atoms with van der Waals surface area (Å²) in [6, 6.07) is 4.98. The first kappa shape index (κ1) is 8.21. The Morgan fingerprint density at radius 2 is 2.17 bits per heavy atom. The second-order valence-electron chi connectivity index (χ2n) is 2.20. The minimum atomic E-state index is -0.744. The SMILES string of the molecule is N#Cc1cc(F)cc(C(N)=O)c1. The number of hydrogen-bond donors (Lipinski definition) is 1. The Balaban J connectivity index is 3.26. The maximum atomic E-state index is 12.6. The predicted octanol–water partition coefficient (Wildman–Crippen LogP) is 0.796. The molecular formula is C8H5FN2O. The predicted molar refractivity (Wildman–Crippen MR) is 39.6 cm³/mol. The third kappa shape index (κ3) is 1.58. The molecule has 0 saturated carbocycles. The fourth-order valence-electron chi connectivity index (χ4n) is 0.796. The Morgan fingerprint density at radius 3 is 2.67 bits per heavy atom. The van der Waals surface area contributed by atoms with E-state index in [1.165, 1.54) is 6.07 Å². The molecule has 0 aliphatic carbocycles. The number of amides is 1. The maximum absolute atomic E-state index is 12.6. The van der Waals surface area contributed by atoms with Gasteiger partial charge in [-0.3, -0.25) is 4.79 Å². The molecule has 0 bridgehead atoms. The van der Waals surface area contributed by atoms with Gasteiger partial charge in [-0.05, 0) is 18.2 Å². The van der Waals surface area contributed by atoms with Gasteiger partial charge >= 0.3 is 0 Å². The van der Waals surface area contributed by atoms with E-state index in [1.807, 2.05) is 0 Å². The molecule has 0 saturated heterocycles. The van der Waals surface area contributed by atoms with Gasteiger partial charge in [-0.1, -0.05) is 0 Å². The summed E-state index contributed by atoms with van der Waals surface area (Å²) in [5, 5.41) is 8.40. The summed E-state index contributed by atoms with van der Waals surface area (Å²) in [6.45, 7) is 0. The first-order chi connectivity index (χ1) is 5.63. The number of carbonyl (C=O) groups excluding carboxylic acids is 1. The summed E-state index contributed by atoms with van der Waals surface area (Å²) in [5.74, 6) is -1.38. The highest BCUT2D eigenvalue weighted by molar-refractivity contribution is 5.93. The van der Waals surface area contributed by atoms with Crippen LogP contribution >= 0.6 is 0 Å². The van der Waals surface area contributed by atoms with E-state index < -0.39 is 11.7 Å². The minimum Gasteiger partial charge on any atom is -0.366 e. The van der Waals surface area contributed by atoms with Gasteiger partial charge in [-0.15, -0.1) is 0 Å². The lowest BCUT2D eigenvalue weighted by molar-refractivity contribution is 0.1000. The Morgan fingerprint density at radius 1 is 1.50 bits per heavy atom. The highest BCUT2D eigenvalue weighted by atomic mass is 19.1. The number of carbonyl (C=O) groups is 1. The zero-order valence-corrected chi connectivity index (χ0v) is 6.04. The van der Waals surface area contributed by atoms with Crippen molar-refractivity contribution in [2.75, 3.05) is 0 Å². The molecule has 0 aromatic heterocycles. The Labute approximate surface area is 68.2 Å². The van der Waals surface area contributed by atoms with Crippen LogP contribution in [0.25, 0.3) is 0 Å². The van der Waals surface area contributed by atoms with Crippen LogP contribution in [0.1, 0.15) is 15.9 Å². The van der Waals surface area contributed by atoms with Gasteiger partial charge in [0.25, 0.3) is 0 Å². The fraction of sp³-hybridized carbons (Fsp3) is 0. The van der Waals surface area contributed by atoms with E-state index in [4.69, 9.17) is 11.0 Å². The molecule has 0 atom stereocenters. The Hall–Kier alpha value is -1.89. The average molecular weight is 164 g/mol. The first-order valence-electron chi connectivity index (χ1n) is 3.14. The van der Waals surface area contributed by atoms with Gasteiger partial charge in [-0.2, -0.15) is 5.26 Å². The molecule has 1 amide bonds. The molecule has 0 spiro atoms. The number of primary amides is 1. The van der Waals surface area contributed by atoms with E-state index in [0.29, 0.717) is 0 Å². The van der Waals surface area contributed by atoms with Gasteiger partial charge in [0.05, 0.1) is 11.6 Å². The molecule has 0 fully saturated rings. The second kappa shape index (κ2) is 3.01. The van der Waals surface area contributed by atoms with Crippen molar-refractivity contribution >= 4 is 5.91 Å². The molecule has 0 aliphatic heterocycles. The summed E-state index contributed by atoms with van der Waals surface area (Å²) in [6.07, 6.45) is 0. The number of hydrogen-bond acceptors (Lipinski definition) is 2. The molecule has 0 unspecified atom stereocenters. The van der Waals surface area contributed by atoms with E-state index >= 15 is 0 Å². The van der Waals surface area contributed by atoms with Crippen LogP contribution < -0.4 is 5.73 Å². The van der Waals surface area contributed by atoms with Gasteiger partial charge < -0.3 is 5.73 Å². The normalized spacial score (nSPS) is 9.00. The van der Waals surface area contributed by atoms with Gasteiger partial charge in [-0.25, -0.2) is 4.39 Å². The van der Waals surface area contributed by atoms with Crippen molar-refractivity contribution in [1.82, 2.24) is 0 Å². The van der Waals surface area contributed by atoms with Crippen LogP contribution in [0, 0.1) is 17.1 Å². The summed E-state index contributed by atoms with van der Waals surface area (Å²) >= 11 is 0. The topological polar surface area (TPSA) is 66.9 Å². The lowest BCUT2D eigenvalue weighted by Gasteiger charge is -1.95. The Bertz CT molecular complexity index is 368. The largest absolute Gasteiger partial charge is 0.366 e. The average Bonchev–Trinajstić information content (AvgIpc) is 2.03. The van der Waals surface area contributed by atoms with E-state index in [1.54, 1.807) is 6.07 Å². The van der Waals surface area contributed by atoms with Crippen molar-refractivity contribution in [3.8, 4) is 6.07 Å². The van der Waals surface area contributed by atoms with E-state index in [-0.39, 0.29) is 11.1 Å². The minimum absolute atomic E-state index is 0.00606. The number of benzene rings is 1. The highest BCUT2D eigenvalue weighted by Gasteiger charge is 2.04. The lowest BCUT2D eigenvalue weighted by atomic mass is 10.1. The zero-order chi connectivity index (χ0) is 9.14. The standard InChI is InChI=1S/C8H5FN2O/c9-7-2-5(4-10)1-6(3-7)8(11)12/h1-3H,(H2,11,12). The molecule has 60 valence electrons. The van der Waals surface area contributed by atoms with E-state index in [2.05, 4.69) is 0 Å². The quantitative estimate of drug-likeness (QED) is 0.666. The van der Waals surface area contributed by atoms with Crippen LogP contribution in [0.2, 0.25) is 0 Å². The van der Waals surface area contributed by atoms with Crippen LogP contribution in [0.4, 0.5) is 4.39 Å². The van der Waals surface area contributed by atoms with Crippen LogP contribution in [-0.2, 0) is 0 Å². The highest BCUT2D eigenvalue weighted by Crippen LogP contribution is 2.07. The Kier molecular flexibility index (Phi) is 2.06. The van der Waals surface area contributed by atoms with Crippen molar-refractivity contribution in [2.45, 2.75) is 0 Å². The number of rotatable bonds is 1. The molecule has 1 rings (SSSR count). The van der Waals surface area contributed by atoms with Gasteiger partial charge in [0.15, 0.2) is 0 Å². The summed E-state index contributed by atoms with van der Waals surface area (Å²) in [4.78, 5) is 10.6. The van der Waals surface area contributed by atoms with Crippen molar-refractivity contribution in [3.05, 3.63) is 35.1 Å². The second-order valence-corrected chi connectivity index (χ2v) is 2.20. The van der Waals surface area contributed by atoms with Gasteiger partial charge in [0.2, 0.25) is 5.91 Å². The molecule has 3 nitrogen and oxygen atoms in total.